The summed E-state index contributed by atoms with van der Waals surface area (Å²) in [6.45, 7) is 1.52. The molecule has 1 aliphatic heterocycles. The fourth-order valence-corrected chi connectivity index (χ4v) is 2.50. The van der Waals surface area contributed by atoms with Gasteiger partial charge in [0.15, 0.2) is 0 Å². The van der Waals surface area contributed by atoms with Gasteiger partial charge in [0.25, 0.3) is 0 Å². The highest BCUT2D eigenvalue weighted by molar-refractivity contribution is 6.00. The Morgan fingerprint density at radius 2 is 2.24 bits per heavy atom. The first-order valence-electron chi connectivity index (χ1n) is 6.74. The molecular formula is C16H16N2O3. The third-order valence-corrected chi connectivity index (χ3v) is 3.52. The number of carbonyl (C=O) groups excluding carboxylic acids is 1. The molecule has 2 heterocycles. The van der Waals surface area contributed by atoms with Crippen molar-refractivity contribution in [2.45, 2.75) is 19.4 Å². The molecule has 0 spiro atoms. The van der Waals surface area contributed by atoms with E-state index in [1.807, 2.05) is 36.4 Å². The van der Waals surface area contributed by atoms with Gasteiger partial charge in [-0.1, -0.05) is 12.1 Å². The van der Waals surface area contributed by atoms with Gasteiger partial charge >= 0.3 is 0 Å². The Morgan fingerprint density at radius 3 is 2.90 bits per heavy atom. The Labute approximate surface area is 122 Å². The van der Waals surface area contributed by atoms with Crippen molar-refractivity contribution in [2.24, 2.45) is 5.10 Å². The standard InChI is InChI=1S/C16H16N2O3/c1-11(19)18-15(12-5-3-6-13(9-12)20-2)10-14(17-18)16-7-4-8-21-16/h3-9,15H,10H2,1-2H3. The van der Waals surface area contributed by atoms with Crippen molar-refractivity contribution in [1.29, 1.82) is 0 Å². The second-order valence-corrected chi connectivity index (χ2v) is 4.88. The van der Waals surface area contributed by atoms with Crippen LogP contribution in [-0.2, 0) is 4.79 Å². The molecule has 21 heavy (non-hydrogen) atoms. The zero-order valence-corrected chi connectivity index (χ0v) is 11.9. The van der Waals surface area contributed by atoms with Gasteiger partial charge in [0, 0.05) is 13.3 Å². The molecule has 3 rings (SSSR count). The molecule has 5 heteroatoms. The third kappa shape index (κ3) is 2.54. The average molecular weight is 284 g/mol. The smallest absolute Gasteiger partial charge is 0.240 e. The molecular weight excluding hydrogens is 268 g/mol. The van der Waals surface area contributed by atoms with Gasteiger partial charge in [-0.2, -0.15) is 5.10 Å². The molecule has 0 saturated carbocycles. The fraction of sp³-hybridized carbons (Fsp3) is 0.250. The summed E-state index contributed by atoms with van der Waals surface area (Å²) in [6, 6.07) is 11.2. The zero-order valence-electron chi connectivity index (χ0n) is 11.9. The number of hydrogen-bond acceptors (Lipinski definition) is 4. The maximum atomic E-state index is 11.9. The topological polar surface area (TPSA) is 55.0 Å². The normalized spacial score (nSPS) is 17.7. The molecule has 108 valence electrons. The number of amides is 1. The van der Waals surface area contributed by atoms with Crippen LogP contribution in [0, 0.1) is 0 Å². The highest BCUT2D eigenvalue weighted by atomic mass is 16.5. The number of nitrogens with zero attached hydrogens (tertiary/aromatic N) is 2. The summed E-state index contributed by atoms with van der Waals surface area (Å²) in [5, 5.41) is 5.92. The van der Waals surface area contributed by atoms with Gasteiger partial charge < -0.3 is 9.15 Å². The van der Waals surface area contributed by atoms with Crippen LogP contribution in [0.1, 0.15) is 30.7 Å². The van der Waals surface area contributed by atoms with Crippen LogP contribution in [0.25, 0.3) is 0 Å². The number of hydrogen-bond donors (Lipinski definition) is 0. The molecule has 1 atom stereocenters. The molecule has 0 N–H and O–H groups in total. The summed E-state index contributed by atoms with van der Waals surface area (Å²) >= 11 is 0. The van der Waals surface area contributed by atoms with Crippen molar-refractivity contribution in [3.8, 4) is 5.75 Å². The Hall–Kier alpha value is -2.56. The van der Waals surface area contributed by atoms with E-state index < -0.39 is 0 Å². The molecule has 0 bridgehead atoms. The molecule has 0 radical (unpaired) electrons. The van der Waals surface area contributed by atoms with E-state index in [0.717, 1.165) is 17.0 Å². The minimum atomic E-state index is -0.127. The number of ether oxygens (including phenoxy) is 1. The van der Waals surface area contributed by atoms with Gasteiger partial charge in [0.1, 0.15) is 17.2 Å². The highest BCUT2D eigenvalue weighted by Gasteiger charge is 2.32. The van der Waals surface area contributed by atoms with E-state index >= 15 is 0 Å². The van der Waals surface area contributed by atoms with Gasteiger partial charge in [0.2, 0.25) is 5.91 Å². The van der Waals surface area contributed by atoms with Gasteiger partial charge in [-0.05, 0) is 29.8 Å². The summed E-state index contributed by atoms with van der Waals surface area (Å²) in [5.74, 6) is 1.37. The van der Waals surface area contributed by atoms with Crippen LogP contribution >= 0.6 is 0 Å². The van der Waals surface area contributed by atoms with Crippen molar-refractivity contribution in [3.05, 3.63) is 54.0 Å². The number of furan rings is 1. The Morgan fingerprint density at radius 1 is 1.38 bits per heavy atom. The van der Waals surface area contributed by atoms with E-state index in [2.05, 4.69) is 5.10 Å². The quantitative estimate of drug-likeness (QED) is 0.870. The summed E-state index contributed by atoms with van der Waals surface area (Å²) in [7, 11) is 1.63. The Kier molecular flexibility index (Phi) is 3.48. The van der Waals surface area contributed by atoms with E-state index in [1.54, 1.807) is 13.4 Å². The summed E-state index contributed by atoms with van der Waals surface area (Å²) in [6.07, 6.45) is 2.23. The second kappa shape index (κ2) is 5.44. The average Bonchev–Trinajstić information content (AvgIpc) is 3.16. The lowest BCUT2D eigenvalue weighted by Gasteiger charge is -2.20. The molecule has 1 amide bonds. The lowest BCUT2D eigenvalue weighted by molar-refractivity contribution is -0.130. The van der Waals surface area contributed by atoms with Gasteiger partial charge in [-0.15, -0.1) is 0 Å². The molecule has 0 fully saturated rings. The number of benzene rings is 1. The summed E-state index contributed by atoms with van der Waals surface area (Å²) in [5.41, 5.74) is 1.78. The lowest BCUT2D eigenvalue weighted by Crippen LogP contribution is -2.24. The molecule has 1 unspecified atom stereocenters. The molecule has 2 aromatic rings. The van der Waals surface area contributed by atoms with Crippen molar-refractivity contribution in [1.82, 2.24) is 5.01 Å². The first kappa shape index (κ1) is 13.4. The van der Waals surface area contributed by atoms with E-state index in [9.17, 15) is 4.79 Å². The van der Waals surface area contributed by atoms with Gasteiger partial charge in [-0.3, -0.25) is 4.79 Å². The third-order valence-electron chi connectivity index (χ3n) is 3.52. The molecule has 1 aromatic carbocycles. The molecule has 0 aliphatic carbocycles. The SMILES string of the molecule is COc1cccc(C2CC(c3ccco3)=NN2C(C)=O)c1. The lowest BCUT2D eigenvalue weighted by atomic mass is 10.0. The first-order valence-corrected chi connectivity index (χ1v) is 6.74. The van der Waals surface area contributed by atoms with Crippen LogP contribution in [0.4, 0.5) is 0 Å². The summed E-state index contributed by atoms with van der Waals surface area (Å²) < 4.78 is 10.6. The Balaban J connectivity index is 1.93. The van der Waals surface area contributed by atoms with Crippen molar-refractivity contribution in [2.75, 3.05) is 7.11 Å². The molecule has 1 aromatic heterocycles. The molecule has 5 nitrogen and oxygen atoms in total. The van der Waals surface area contributed by atoms with Gasteiger partial charge in [-0.25, -0.2) is 5.01 Å². The van der Waals surface area contributed by atoms with Crippen molar-refractivity contribution >= 4 is 11.6 Å². The highest BCUT2D eigenvalue weighted by Crippen LogP contribution is 2.34. The van der Waals surface area contributed by atoms with Gasteiger partial charge in [0.05, 0.1) is 19.4 Å². The number of rotatable bonds is 3. The Bertz CT molecular complexity index is 677. The van der Waals surface area contributed by atoms with Crippen molar-refractivity contribution in [3.63, 3.8) is 0 Å². The van der Waals surface area contributed by atoms with Crippen LogP contribution in [0.2, 0.25) is 0 Å². The van der Waals surface area contributed by atoms with Crippen LogP contribution in [0.3, 0.4) is 0 Å². The zero-order chi connectivity index (χ0) is 14.8. The van der Waals surface area contributed by atoms with E-state index in [4.69, 9.17) is 9.15 Å². The minimum absolute atomic E-state index is 0.0932. The van der Waals surface area contributed by atoms with Crippen LogP contribution in [0.15, 0.2) is 52.2 Å². The predicted octanol–water partition coefficient (Wildman–Crippen LogP) is 2.99. The van der Waals surface area contributed by atoms with E-state index in [0.29, 0.717) is 12.2 Å². The number of carbonyl (C=O) groups is 1. The van der Waals surface area contributed by atoms with E-state index in [1.165, 1.54) is 11.9 Å². The second-order valence-electron chi connectivity index (χ2n) is 4.88. The number of hydrazone groups is 1. The van der Waals surface area contributed by atoms with E-state index in [-0.39, 0.29) is 11.9 Å². The van der Waals surface area contributed by atoms with Crippen LogP contribution in [0.5, 0.6) is 5.75 Å². The predicted molar refractivity (Wildman–Crippen MR) is 78.1 cm³/mol. The van der Waals surface area contributed by atoms with Crippen LogP contribution < -0.4 is 4.74 Å². The van der Waals surface area contributed by atoms with Crippen molar-refractivity contribution < 1.29 is 13.9 Å². The molecule has 0 saturated heterocycles. The maximum absolute atomic E-state index is 11.9. The maximum Gasteiger partial charge on any atom is 0.240 e. The minimum Gasteiger partial charge on any atom is -0.497 e. The first-order chi connectivity index (χ1) is 10.2. The monoisotopic (exact) mass is 284 g/mol. The van der Waals surface area contributed by atoms with Crippen LogP contribution in [-0.4, -0.2) is 23.7 Å². The fourth-order valence-electron chi connectivity index (χ4n) is 2.50. The summed E-state index contributed by atoms with van der Waals surface area (Å²) in [4.78, 5) is 11.9. The number of methoxy groups -OCH3 is 1. The largest absolute Gasteiger partial charge is 0.497 e. The molecule has 1 aliphatic rings.